The van der Waals surface area contributed by atoms with Crippen LogP contribution in [-0.4, -0.2) is 51.1 Å². The van der Waals surface area contributed by atoms with Gasteiger partial charge in [-0.05, 0) is 12.1 Å². The molecule has 1 aromatic carbocycles. The van der Waals surface area contributed by atoms with E-state index in [1.807, 2.05) is 4.57 Å². The van der Waals surface area contributed by atoms with E-state index in [1.54, 1.807) is 12.4 Å². The Morgan fingerprint density at radius 3 is 2.69 bits per heavy atom. The molecule has 1 aromatic heterocycles. The molecular formula is C17H26ClN3O4Si. The second-order valence-corrected chi connectivity index (χ2v) is 13.2. The third-order valence-electron chi connectivity index (χ3n) is 3.85. The molecule has 0 fully saturated rings. The highest BCUT2D eigenvalue weighted by Crippen LogP contribution is 2.34. The molecule has 9 heteroatoms. The monoisotopic (exact) mass is 399 g/mol. The molecule has 1 heterocycles. The van der Waals surface area contributed by atoms with E-state index in [0.29, 0.717) is 40.7 Å². The Balaban J connectivity index is 2.27. The normalized spacial score (nSPS) is 11.8. The summed E-state index contributed by atoms with van der Waals surface area (Å²) in [5, 5.41) is 3.03. The predicted octanol–water partition coefficient (Wildman–Crippen LogP) is 3.34. The van der Waals surface area contributed by atoms with Crippen molar-refractivity contribution in [2.45, 2.75) is 32.4 Å². The van der Waals surface area contributed by atoms with E-state index in [4.69, 9.17) is 25.8 Å². The second kappa shape index (κ2) is 8.85. The molecule has 0 aliphatic rings. The number of hydrogen-bond donors (Lipinski definition) is 1. The van der Waals surface area contributed by atoms with E-state index in [-0.39, 0.29) is 12.6 Å². The summed E-state index contributed by atoms with van der Waals surface area (Å²) in [6.45, 7) is 8.06. The standard InChI is InChI=1S/C17H26ClN3O4Si/c1-23-10-20-17(22)12-8-13(18)15-14(16(12)24-2)19-9-21(15)11-25-6-7-26(3,4)5/h8-9H,6-7,10-11H2,1-5H3,(H,20,22). The lowest BCUT2D eigenvalue weighted by atomic mass is 10.1. The molecule has 0 saturated heterocycles. The first-order valence-electron chi connectivity index (χ1n) is 8.34. The van der Waals surface area contributed by atoms with Gasteiger partial charge in [0.15, 0.2) is 5.75 Å². The average molecular weight is 400 g/mol. The molecule has 0 aliphatic carbocycles. The van der Waals surface area contributed by atoms with Crippen LogP contribution in [0.1, 0.15) is 10.4 Å². The number of ether oxygens (including phenoxy) is 3. The number of aromatic nitrogens is 2. The molecule has 0 saturated carbocycles. The number of amides is 1. The van der Waals surface area contributed by atoms with Gasteiger partial charge in [-0.15, -0.1) is 0 Å². The van der Waals surface area contributed by atoms with E-state index < -0.39 is 8.07 Å². The number of imidazole rings is 1. The zero-order valence-electron chi connectivity index (χ0n) is 15.9. The number of fused-ring (bicyclic) bond motifs is 1. The summed E-state index contributed by atoms with van der Waals surface area (Å²) < 4.78 is 17.9. The summed E-state index contributed by atoms with van der Waals surface area (Å²) >= 11 is 6.42. The van der Waals surface area contributed by atoms with Gasteiger partial charge in [-0.3, -0.25) is 4.79 Å². The lowest BCUT2D eigenvalue weighted by Crippen LogP contribution is -2.25. The first-order valence-corrected chi connectivity index (χ1v) is 12.4. The van der Waals surface area contributed by atoms with Gasteiger partial charge in [0.05, 0.1) is 29.5 Å². The molecule has 2 aromatic rings. The predicted molar refractivity (Wildman–Crippen MR) is 105 cm³/mol. The fraction of sp³-hybridized carbons (Fsp3) is 0.529. The molecular weight excluding hydrogens is 374 g/mol. The molecule has 1 N–H and O–H groups in total. The Morgan fingerprint density at radius 1 is 1.35 bits per heavy atom. The molecule has 0 aliphatic heterocycles. The molecule has 2 rings (SSSR count). The number of halogens is 1. The van der Waals surface area contributed by atoms with Gasteiger partial charge in [0.25, 0.3) is 5.91 Å². The Kier molecular flexibility index (Phi) is 7.05. The van der Waals surface area contributed by atoms with E-state index in [2.05, 4.69) is 29.9 Å². The van der Waals surface area contributed by atoms with Crippen molar-refractivity contribution in [3.63, 3.8) is 0 Å². The van der Waals surface area contributed by atoms with Crippen molar-refractivity contribution >= 4 is 36.6 Å². The second-order valence-electron chi connectivity index (χ2n) is 7.14. The maximum Gasteiger partial charge on any atom is 0.256 e. The van der Waals surface area contributed by atoms with Crippen molar-refractivity contribution in [3.05, 3.63) is 23.0 Å². The number of rotatable bonds is 9. The quantitative estimate of drug-likeness (QED) is 0.397. The number of methoxy groups -OCH3 is 2. The van der Waals surface area contributed by atoms with Crippen molar-refractivity contribution in [1.82, 2.24) is 14.9 Å². The smallest absolute Gasteiger partial charge is 0.256 e. The molecule has 144 valence electrons. The first kappa shape index (κ1) is 20.7. The fourth-order valence-corrected chi connectivity index (χ4v) is 3.50. The van der Waals surface area contributed by atoms with Crippen molar-refractivity contribution in [2.24, 2.45) is 0 Å². The number of hydrogen-bond acceptors (Lipinski definition) is 5. The van der Waals surface area contributed by atoms with E-state index in [1.165, 1.54) is 14.2 Å². The van der Waals surface area contributed by atoms with Crippen molar-refractivity contribution in [2.75, 3.05) is 27.6 Å². The third kappa shape index (κ3) is 4.97. The van der Waals surface area contributed by atoms with Crippen LogP contribution in [0.2, 0.25) is 30.7 Å². The highest BCUT2D eigenvalue weighted by molar-refractivity contribution is 6.76. The molecule has 0 unspecified atom stereocenters. The first-order chi connectivity index (χ1) is 12.3. The average Bonchev–Trinajstić information content (AvgIpc) is 3.00. The third-order valence-corrected chi connectivity index (χ3v) is 5.84. The van der Waals surface area contributed by atoms with Gasteiger partial charge in [-0.1, -0.05) is 31.2 Å². The minimum Gasteiger partial charge on any atom is -0.494 e. The molecule has 0 atom stereocenters. The van der Waals surface area contributed by atoms with Crippen LogP contribution in [0.5, 0.6) is 5.75 Å². The number of carbonyl (C=O) groups excluding carboxylic acids is 1. The maximum atomic E-state index is 12.3. The Hall–Kier alpha value is -1.61. The van der Waals surface area contributed by atoms with Crippen LogP contribution in [0, 0.1) is 0 Å². The number of nitrogens with one attached hydrogen (secondary N) is 1. The largest absolute Gasteiger partial charge is 0.494 e. The van der Waals surface area contributed by atoms with E-state index in [9.17, 15) is 4.79 Å². The summed E-state index contributed by atoms with van der Waals surface area (Å²) in [6, 6.07) is 2.66. The van der Waals surface area contributed by atoms with Gasteiger partial charge in [-0.25, -0.2) is 4.98 Å². The Bertz CT molecular complexity index is 773. The van der Waals surface area contributed by atoms with Crippen molar-refractivity contribution in [3.8, 4) is 5.75 Å². The topological polar surface area (TPSA) is 74.6 Å². The highest BCUT2D eigenvalue weighted by atomic mass is 35.5. The van der Waals surface area contributed by atoms with Gasteiger partial charge in [0.2, 0.25) is 0 Å². The van der Waals surface area contributed by atoms with Crippen LogP contribution in [-0.2, 0) is 16.2 Å². The van der Waals surface area contributed by atoms with Crippen molar-refractivity contribution < 1.29 is 19.0 Å². The van der Waals surface area contributed by atoms with Gasteiger partial charge < -0.3 is 24.1 Å². The summed E-state index contributed by atoms with van der Waals surface area (Å²) in [5.41, 5.74) is 1.52. The van der Waals surface area contributed by atoms with Gasteiger partial charge in [0, 0.05) is 21.8 Å². The number of carbonyl (C=O) groups is 1. The van der Waals surface area contributed by atoms with Gasteiger partial charge in [-0.2, -0.15) is 0 Å². The van der Waals surface area contributed by atoms with Gasteiger partial charge >= 0.3 is 0 Å². The highest BCUT2D eigenvalue weighted by Gasteiger charge is 2.21. The van der Waals surface area contributed by atoms with Crippen LogP contribution in [0.15, 0.2) is 12.4 Å². The zero-order chi connectivity index (χ0) is 19.3. The molecule has 26 heavy (non-hydrogen) atoms. The molecule has 1 amide bonds. The van der Waals surface area contributed by atoms with Crippen LogP contribution >= 0.6 is 11.6 Å². The molecule has 0 radical (unpaired) electrons. The lowest BCUT2D eigenvalue weighted by Gasteiger charge is -2.16. The fourth-order valence-electron chi connectivity index (χ4n) is 2.43. The van der Waals surface area contributed by atoms with E-state index in [0.717, 1.165) is 6.04 Å². The van der Waals surface area contributed by atoms with Crippen LogP contribution in [0.3, 0.4) is 0 Å². The van der Waals surface area contributed by atoms with Crippen LogP contribution in [0.4, 0.5) is 0 Å². The van der Waals surface area contributed by atoms with E-state index >= 15 is 0 Å². The van der Waals surface area contributed by atoms with Gasteiger partial charge in [0.1, 0.15) is 19.0 Å². The Morgan fingerprint density at radius 2 is 2.08 bits per heavy atom. The summed E-state index contributed by atoms with van der Waals surface area (Å²) in [4.78, 5) is 16.7. The summed E-state index contributed by atoms with van der Waals surface area (Å²) in [6.07, 6.45) is 1.64. The summed E-state index contributed by atoms with van der Waals surface area (Å²) in [7, 11) is 1.86. The zero-order valence-corrected chi connectivity index (χ0v) is 17.6. The molecule has 0 spiro atoms. The van der Waals surface area contributed by atoms with Crippen LogP contribution in [0.25, 0.3) is 11.0 Å². The van der Waals surface area contributed by atoms with Crippen LogP contribution < -0.4 is 10.1 Å². The summed E-state index contributed by atoms with van der Waals surface area (Å²) in [5.74, 6) is 0.0345. The maximum absolute atomic E-state index is 12.3. The minimum absolute atomic E-state index is 0.0943. The lowest BCUT2D eigenvalue weighted by molar-refractivity contribution is 0.0869. The SMILES string of the molecule is COCNC(=O)c1cc(Cl)c2c(ncn2COCC[Si](C)(C)C)c1OC. The number of nitrogens with zero attached hydrogens (tertiary/aromatic N) is 2. The number of benzene rings is 1. The minimum atomic E-state index is -1.14. The Labute approximate surface area is 159 Å². The molecule has 0 bridgehead atoms. The van der Waals surface area contributed by atoms with Crippen molar-refractivity contribution in [1.29, 1.82) is 0 Å². The molecule has 7 nitrogen and oxygen atoms in total.